The zero-order chi connectivity index (χ0) is 17.5. The largest absolute Gasteiger partial charge is 0.497 e. The molecule has 0 saturated carbocycles. The van der Waals surface area contributed by atoms with Crippen molar-refractivity contribution in [2.45, 2.75) is 32.1 Å². The van der Waals surface area contributed by atoms with Gasteiger partial charge in [-0.25, -0.2) is 5.21 Å². The molecule has 1 unspecified atom stereocenters. The highest BCUT2D eigenvalue weighted by Crippen LogP contribution is 2.34. The van der Waals surface area contributed by atoms with Crippen LogP contribution >= 0.6 is 11.9 Å². The molecule has 128 valence electrons. The number of fused-ring (bicyclic) bond motifs is 1. The van der Waals surface area contributed by atoms with Crippen LogP contribution in [0.15, 0.2) is 47.5 Å². The fourth-order valence-corrected chi connectivity index (χ4v) is 2.89. The Morgan fingerprint density at radius 1 is 1.17 bits per heavy atom. The van der Waals surface area contributed by atoms with Gasteiger partial charge in [-0.05, 0) is 37.1 Å². The number of quaternary nitrogens is 1. The summed E-state index contributed by atoms with van der Waals surface area (Å²) in [4.78, 5) is 1.11. The van der Waals surface area contributed by atoms with Crippen molar-refractivity contribution in [2.24, 2.45) is 0 Å². The summed E-state index contributed by atoms with van der Waals surface area (Å²) in [5, 5.41) is 10.3. The monoisotopic (exact) mass is 345 g/mol. The lowest BCUT2D eigenvalue weighted by atomic mass is 10.1. The van der Waals surface area contributed by atoms with Crippen molar-refractivity contribution in [1.82, 2.24) is 0 Å². The predicted molar refractivity (Wildman–Crippen MR) is 101 cm³/mol. The van der Waals surface area contributed by atoms with Gasteiger partial charge < -0.3 is 9.46 Å². The highest BCUT2D eigenvalue weighted by molar-refractivity contribution is 8.00. The van der Waals surface area contributed by atoms with Crippen LogP contribution in [0.4, 0.5) is 11.4 Å². The number of hydroxylamine groups is 1. The molecule has 24 heavy (non-hydrogen) atoms. The summed E-state index contributed by atoms with van der Waals surface area (Å²) >= 11 is 1.51. The third-order valence-corrected chi connectivity index (χ3v) is 4.18. The molecule has 0 aromatic heterocycles. The van der Waals surface area contributed by atoms with Gasteiger partial charge in [0.05, 0.1) is 12.7 Å². The van der Waals surface area contributed by atoms with Crippen LogP contribution in [0, 0.1) is 6.92 Å². The summed E-state index contributed by atoms with van der Waals surface area (Å²) in [6.45, 7) is 6.31. The Kier molecular flexibility index (Phi) is 6.73. The minimum Gasteiger partial charge on any atom is -0.497 e. The van der Waals surface area contributed by atoms with Gasteiger partial charge in [0.2, 0.25) is 0 Å². The molecule has 0 fully saturated rings. The maximum absolute atomic E-state index is 10.00. The van der Waals surface area contributed by atoms with E-state index in [1.165, 1.54) is 23.9 Å². The fraction of sp³-hybridized carbons (Fsp3) is 0.263. The first-order valence-corrected chi connectivity index (χ1v) is 8.86. The summed E-state index contributed by atoms with van der Waals surface area (Å²) in [5.74, 6) is 0.764. The quantitative estimate of drug-likeness (QED) is 0.718. The van der Waals surface area contributed by atoms with Gasteiger partial charge >= 0.3 is 0 Å². The molecule has 0 spiro atoms. The lowest BCUT2D eigenvalue weighted by Crippen LogP contribution is -2.98. The second-order valence-electron chi connectivity index (χ2n) is 5.58. The van der Waals surface area contributed by atoms with Crippen molar-refractivity contribution < 1.29 is 15.0 Å². The fourth-order valence-electron chi connectivity index (χ4n) is 2.22. The molecule has 0 radical (unpaired) electrons. The molecule has 0 amide bonds. The van der Waals surface area contributed by atoms with Crippen LogP contribution in [-0.2, 0) is 0 Å². The zero-order valence-electron chi connectivity index (χ0n) is 14.6. The highest BCUT2D eigenvalue weighted by atomic mass is 32.2. The lowest BCUT2D eigenvalue weighted by Gasteiger charge is -2.12. The van der Waals surface area contributed by atoms with Crippen LogP contribution in [0.1, 0.15) is 31.4 Å². The van der Waals surface area contributed by atoms with Gasteiger partial charge in [-0.1, -0.05) is 38.0 Å². The Morgan fingerprint density at radius 3 is 2.46 bits per heavy atom. The van der Waals surface area contributed by atoms with Crippen molar-refractivity contribution in [3.05, 3.63) is 53.7 Å². The zero-order valence-corrected chi connectivity index (χ0v) is 15.4. The Bertz CT molecular complexity index is 699. The second kappa shape index (κ2) is 8.78. The summed E-state index contributed by atoms with van der Waals surface area (Å²) in [5.41, 5.74) is 3.85. The number of ether oxygens (including phenoxy) is 1. The maximum atomic E-state index is 10.00. The number of anilines is 1. The molecule has 5 heteroatoms. The van der Waals surface area contributed by atoms with Gasteiger partial charge in [-0.15, -0.1) is 5.06 Å². The Labute approximate surface area is 148 Å². The van der Waals surface area contributed by atoms with Gasteiger partial charge in [-0.2, -0.15) is 0 Å². The van der Waals surface area contributed by atoms with Gasteiger partial charge in [0.1, 0.15) is 17.6 Å². The van der Waals surface area contributed by atoms with Crippen molar-refractivity contribution in [2.75, 3.05) is 11.8 Å². The first kappa shape index (κ1) is 18.4. The normalized spacial score (nSPS) is 14.6. The molecule has 2 aromatic rings. The van der Waals surface area contributed by atoms with Crippen molar-refractivity contribution >= 4 is 29.4 Å². The van der Waals surface area contributed by atoms with E-state index in [-0.39, 0.29) is 5.06 Å². The molecule has 1 atom stereocenters. The molecule has 0 bridgehead atoms. The Balaban J connectivity index is 0.000000647. The van der Waals surface area contributed by atoms with Gasteiger partial charge in [0.15, 0.2) is 5.69 Å². The van der Waals surface area contributed by atoms with Gasteiger partial charge in [-0.3, -0.25) is 0 Å². The lowest BCUT2D eigenvalue weighted by molar-refractivity contribution is -0.987. The summed E-state index contributed by atoms with van der Waals surface area (Å²) in [6.07, 6.45) is 4.83. The van der Waals surface area contributed by atoms with E-state index in [9.17, 15) is 5.21 Å². The Hall–Kier alpha value is -1.95. The highest BCUT2D eigenvalue weighted by Gasteiger charge is 2.24. The number of benzene rings is 2. The third-order valence-electron chi connectivity index (χ3n) is 3.35. The first-order valence-electron chi connectivity index (χ1n) is 8.05. The predicted octanol–water partition coefficient (Wildman–Crippen LogP) is 4.43. The topological polar surface area (TPSA) is 45.9 Å². The smallest absolute Gasteiger partial charge is 0.200 e. The summed E-state index contributed by atoms with van der Waals surface area (Å²) in [6, 6.07) is 12.1. The van der Waals surface area contributed by atoms with Gasteiger partial charge in [0, 0.05) is 17.0 Å². The summed E-state index contributed by atoms with van der Waals surface area (Å²) < 4.78 is 8.61. The summed E-state index contributed by atoms with van der Waals surface area (Å²) in [7, 11) is 1.64. The SMILES string of the molecule is CCC.COc1cc2c(c(NSc3ccc(C)cc3)c1)[NH+](O)C=C2. The van der Waals surface area contributed by atoms with Crippen LogP contribution in [0.2, 0.25) is 0 Å². The number of nitrogens with one attached hydrogen (secondary N) is 2. The van der Waals surface area contributed by atoms with Crippen molar-refractivity contribution in [3.8, 4) is 5.75 Å². The average Bonchev–Trinajstić information content (AvgIpc) is 2.96. The van der Waals surface area contributed by atoms with E-state index >= 15 is 0 Å². The van der Waals surface area contributed by atoms with E-state index in [2.05, 4.69) is 49.8 Å². The Morgan fingerprint density at radius 2 is 1.83 bits per heavy atom. The van der Waals surface area contributed by atoms with E-state index in [0.717, 1.165) is 27.6 Å². The standard InChI is InChI=1S/C16H16N2O2S.C3H8/c1-11-3-5-14(6-4-11)21-17-15-10-13(20-2)9-12-7-8-18(19)16(12)15;1-3-2/h3-10,17,19H,1-2H3;3H2,1-2H3/p+1. The van der Waals surface area contributed by atoms with E-state index in [1.807, 2.05) is 18.2 Å². The van der Waals surface area contributed by atoms with E-state index < -0.39 is 0 Å². The van der Waals surface area contributed by atoms with Crippen LogP contribution in [-0.4, -0.2) is 12.3 Å². The molecule has 1 heterocycles. The molecular weight excluding hydrogens is 320 g/mol. The number of aryl methyl sites for hydroxylation is 1. The van der Waals surface area contributed by atoms with Gasteiger partial charge in [0.25, 0.3) is 0 Å². The molecule has 1 aliphatic heterocycles. The maximum Gasteiger partial charge on any atom is 0.200 e. The van der Waals surface area contributed by atoms with Crippen molar-refractivity contribution in [1.29, 1.82) is 0 Å². The van der Waals surface area contributed by atoms with E-state index in [1.54, 1.807) is 13.3 Å². The first-order chi connectivity index (χ1) is 11.6. The molecule has 3 rings (SSSR count). The number of rotatable bonds is 4. The molecule has 1 aliphatic rings. The van der Waals surface area contributed by atoms with Crippen LogP contribution in [0.3, 0.4) is 0 Å². The van der Waals surface area contributed by atoms with E-state index in [0.29, 0.717) is 0 Å². The minimum absolute atomic E-state index is 0.277. The molecule has 4 nitrogen and oxygen atoms in total. The molecule has 2 aromatic carbocycles. The second-order valence-corrected chi connectivity index (χ2v) is 6.46. The van der Waals surface area contributed by atoms with Crippen molar-refractivity contribution in [3.63, 3.8) is 0 Å². The minimum atomic E-state index is 0.277. The third kappa shape index (κ3) is 4.54. The molecular formula is C19H25N2O2S+. The molecule has 0 saturated heterocycles. The number of methoxy groups -OCH3 is 1. The number of hydrogen-bond acceptors (Lipinski definition) is 4. The molecule has 0 aliphatic carbocycles. The average molecular weight is 345 g/mol. The molecule has 3 N–H and O–H groups in total. The van der Waals surface area contributed by atoms with Crippen LogP contribution in [0.5, 0.6) is 5.75 Å². The number of hydrogen-bond donors (Lipinski definition) is 3. The van der Waals surface area contributed by atoms with Crippen LogP contribution in [0.25, 0.3) is 6.08 Å². The van der Waals surface area contributed by atoms with Crippen LogP contribution < -0.4 is 14.5 Å². The van der Waals surface area contributed by atoms with E-state index in [4.69, 9.17) is 4.74 Å².